The normalized spacial score (nSPS) is 10.2. The van der Waals surface area contributed by atoms with E-state index in [0.717, 1.165) is 10.6 Å². The molecule has 1 amide bonds. The van der Waals surface area contributed by atoms with Gasteiger partial charge < -0.3 is 14.8 Å². The van der Waals surface area contributed by atoms with Gasteiger partial charge in [-0.05, 0) is 31.5 Å². The van der Waals surface area contributed by atoms with E-state index in [4.69, 9.17) is 9.47 Å². The van der Waals surface area contributed by atoms with Gasteiger partial charge in [-0.1, -0.05) is 6.07 Å². The molecule has 0 fully saturated rings. The Hall–Kier alpha value is -2.08. The van der Waals surface area contributed by atoms with Crippen LogP contribution in [-0.2, 0) is 6.61 Å². The third-order valence-electron chi connectivity index (χ3n) is 2.79. The molecule has 0 saturated carbocycles. The zero-order valence-corrected chi connectivity index (χ0v) is 13.1. The van der Waals surface area contributed by atoms with Crippen molar-refractivity contribution in [2.45, 2.75) is 20.5 Å². The molecule has 0 spiro atoms. The maximum Gasteiger partial charge on any atom is 0.270 e. The lowest BCUT2D eigenvalue weighted by Crippen LogP contribution is -2.22. The number of benzene rings is 1. The molecule has 1 aromatic heterocycles. The number of thiazole rings is 1. The maximum absolute atomic E-state index is 11.6. The SMILES string of the molecule is CCNC(=O)c1csc(COc2ccc(C)cc2OC)n1. The number of carbonyl (C=O) groups excluding carboxylic acids is 1. The third-order valence-corrected chi connectivity index (χ3v) is 3.61. The van der Waals surface area contributed by atoms with Crippen molar-refractivity contribution in [1.82, 2.24) is 10.3 Å². The van der Waals surface area contributed by atoms with E-state index in [1.54, 1.807) is 12.5 Å². The molecule has 0 unspecified atom stereocenters. The Balaban J connectivity index is 2.02. The number of hydrogen-bond donors (Lipinski definition) is 1. The van der Waals surface area contributed by atoms with Crippen LogP contribution in [-0.4, -0.2) is 24.5 Å². The standard InChI is InChI=1S/C15H18N2O3S/c1-4-16-15(18)11-9-21-14(17-11)8-20-12-6-5-10(2)7-13(12)19-3/h5-7,9H,4,8H2,1-3H3,(H,16,18). The predicted molar refractivity (Wildman–Crippen MR) is 82.2 cm³/mol. The summed E-state index contributed by atoms with van der Waals surface area (Å²) in [7, 11) is 1.61. The van der Waals surface area contributed by atoms with E-state index in [9.17, 15) is 4.79 Å². The molecule has 21 heavy (non-hydrogen) atoms. The van der Waals surface area contributed by atoms with E-state index in [2.05, 4.69) is 10.3 Å². The van der Waals surface area contributed by atoms with Crippen molar-refractivity contribution < 1.29 is 14.3 Å². The molecule has 2 rings (SSSR count). The molecule has 5 nitrogen and oxygen atoms in total. The minimum atomic E-state index is -0.159. The number of aromatic nitrogens is 1. The summed E-state index contributed by atoms with van der Waals surface area (Å²) in [5.41, 5.74) is 1.53. The van der Waals surface area contributed by atoms with Gasteiger partial charge in [0.2, 0.25) is 0 Å². The van der Waals surface area contributed by atoms with Gasteiger partial charge in [-0.2, -0.15) is 0 Å². The highest BCUT2D eigenvalue weighted by molar-refractivity contribution is 7.09. The molecular formula is C15H18N2O3S. The van der Waals surface area contributed by atoms with Gasteiger partial charge in [-0.3, -0.25) is 4.79 Å². The van der Waals surface area contributed by atoms with Crippen molar-refractivity contribution >= 4 is 17.2 Å². The molecule has 0 aliphatic carbocycles. The van der Waals surface area contributed by atoms with Crippen molar-refractivity contribution in [1.29, 1.82) is 0 Å². The van der Waals surface area contributed by atoms with Crippen LogP contribution in [0, 0.1) is 6.92 Å². The molecular weight excluding hydrogens is 288 g/mol. The molecule has 0 atom stereocenters. The number of nitrogens with one attached hydrogen (secondary N) is 1. The number of carbonyl (C=O) groups is 1. The van der Waals surface area contributed by atoms with Crippen LogP contribution in [0.1, 0.15) is 28.0 Å². The molecule has 1 aromatic carbocycles. The van der Waals surface area contributed by atoms with E-state index in [0.29, 0.717) is 30.3 Å². The van der Waals surface area contributed by atoms with Gasteiger partial charge in [0.05, 0.1) is 7.11 Å². The van der Waals surface area contributed by atoms with E-state index in [1.165, 1.54) is 11.3 Å². The summed E-state index contributed by atoms with van der Waals surface area (Å²) in [5, 5.41) is 5.20. The first-order chi connectivity index (χ1) is 10.1. The summed E-state index contributed by atoms with van der Waals surface area (Å²) in [5.74, 6) is 1.20. The van der Waals surface area contributed by atoms with Crippen molar-refractivity contribution in [2.75, 3.05) is 13.7 Å². The van der Waals surface area contributed by atoms with E-state index >= 15 is 0 Å². The fourth-order valence-electron chi connectivity index (χ4n) is 1.77. The molecule has 6 heteroatoms. The van der Waals surface area contributed by atoms with Crippen LogP contribution < -0.4 is 14.8 Å². The minimum Gasteiger partial charge on any atom is -0.493 e. The second kappa shape index (κ2) is 7.08. The molecule has 2 aromatic rings. The van der Waals surface area contributed by atoms with E-state index < -0.39 is 0 Å². The highest BCUT2D eigenvalue weighted by Crippen LogP contribution is 2.28. The Kier molecular flexibility index (Phi) is 5.16. The molecule has 1 heterocycles. The summed E-state index contributed by atoms with van der Waals surface area (Å²) >= 11 is 1.40. The Morgan fingerprint density at radius 2 is 2.19 bits per heavy atom. The fraction of sp³-hybridized carbons (Fsp3) is 0.333. The predicted octanol–water partition coefficient (Wildman–Crippen LogP) is 2.79. The van der Waals surface area contributed by atoms with Crippen molar-refractivity contribution in [3.05, 3.63) is 39.8 Å². The summed E-state index contributed by atoms with van der Waals surface area (Å²) in [6.07, 6.45) is 0. The van der Waals surface area contributed by atoms with Gasteiger partial charge in [0.15, 0.2) is 11.5 Å². The van der Waals surface area contributed by atoms with Gasteiger partial charge in [0.25, 0.3) is 5.91 Å². The fourth-order valence-corrected chi connectivity index (χ4v) is 2.45. The Morgan fingerprint density at radius 3 is 2.90 bits per heavy atom. The number of nitrogens with zero attached hydrogens (tertiary/aromatic N) is 1. The van der Waals surface area contributed by atoms with E-state index in [-0.39, 0.29) is 5.91 Å². The smallest absolute Gasteiger partial charge is 0.270 e. The van der Waals surface area contributed by atoms with Crippen LogP contribution in [0.3, 0.4) is 0 Å². The first kappa shape index (κ1) is 15.3. The van der Waals surface area contributed by atoms with Gasteiger partial charge in [-0.15, -0.1) is 11.3 Å². The zero-order chi connectivity index (χ0) is 15.2. The van der Waals surface area contributed by atoms with Crippen molar-refractivity contribution in [3.8, 4) is 11.5 Å². The average molecular weight is 306 g/mol. The largest absolute Gasteiger partial charge is 0.493 e. The van der Waals surface area contributed by atoms with Crippen molar-refractivity contribution in [2.24, 2.45) is 0 Å². The number of methoxy groups -OCH3 is 1. The Labute approximate surface area is 127 Å². The molecule has 0 bridgehead atoms. The molecule has 1 N–H and O–H groups in total. The summed E-state index contributed by atoms with van der Waals surface area (Å²) in [6, 6.07) is 5.74. The third kappa shape index (κ3) is 3.95. The van der Waals surface area contributed by atoms with Crippen LogP contribution in [0.15, 0.2) is 23.6 Å². The van der Waals surface area contributed by atoms with Crippen LogP contribution >= 0.6 is 11.3 Å². The van der Waals surface area contributed by atoms with Gasteiger partial charge in [0.1, 0.15) is 17.3 Å². The quantitative estimate of drug-likeness (QED) is 0.891. The van der Waals surface area contributed by atoms with Crippen molar-refractivity contribution in [3.63, 3.8) is 0 Å². The first-order valence-electron chi connectivity index (χ1n) is 6.64. The molecule has 0 saturated heterocycles. The average Bonchev–Trinajstić information content (AvgIpc) is 2.95. The second-order valence-electron chi connectivity index (χ2n) is 4.43. The van der Waals surface area contributed by atoms with Crippen LogP contribution in [0.25, 0.3) is 0 Å². The molecule has 0 aliphatic rings. The number of ether oxygens (including phenoxy) is 2. The Bertz CT molecular complexity index is 625. The lowest BCUT2D eigenvalue weighted by Gasteiger charge is -2.10. The highest BCUT2D eigenvalue weighted by Gasteiger charge is 2.11. The summed E-state index contributed by atoms with van der Waals surface area (Å²) in [4.78, 5) is 15.9. The minimum absolute atomic E-state index is 0.159. The monoisotopic (exact) mass is 306 g/mol. The van der Waals surface area contributed by atoms with Crippen LogP contribution in [0.2, 0.25) is 0 Å². The number of amides is 1. The zero-order valence-electron chi connectivity index (χ0n) is 12.3. The van der Waals surface area contributed by atoms with Gasteiger partial charge >= 0.3 is 0 Å². The molecule has 0 aliphatic heterocycles. The lowest BCUT2D eigenvalue weighted by atomic mass is 10.2. The van der Waals surface area contributed by atoms with E-state index in [1.807, 2.05) is 32.0 Å². The molecule has 112 valence electrons. The summed E-state index contributed by atoms with van der Waals surface area (Å²) < 4.78 is 11.0. The highest BCUT2D eigenvalue weighted by atomic mass is 32.1. The first-order valence-corrected chi connectivity index (χ1v) is 7.52. The topological polar surface area (TPSA) is 60.5 Å². The Morgan fingerprint density at radius 1 is 1.38 bits per heavy atom. The maximum atomic E-state index is 11.6. The molecule has 0 radical (unpaired) electrons. The van der Waals surface area contributed by atoms with Crippen LogP contribution in [0.5, 0.6) is 11.5 Å². The van der Waals surface area contributed by atoms with Gasteiger partial charge in [-0.25, -0.2) is 4.98 Å². The number of aryl methyl sites for hydroxylation is 1. The van der Waals surface area contributed by atoms with Crippen LogP contribution in [0.4, 0.5) is 0 Å². The lowest BCUT2D eigenvalue weighted by molar-refractivity contribution is 0.0951. The number of hydrogen-bond acceptors (Lipinski definition) is 5. The number of rotatable bonds is 6. The van der Waals surface area contributed by atoms with Gasteiger partial charge in [0, 0.05) is 11.9 Å². The summed E-state index contributed by atoms with van der Waals surface area (Å²) in [6.45, 7) is 4.76. The second-order valence-corrected chi connectivity index (χ2v) is 5.37.